The van der Waals surface area contributed by atoms with E-state index in [1.807, 2.05) is 0 Å². The number of benzene rings is 1. The second-order valence-electron chi connectivity index (χ2n) is 4.25. The van der Waals surface area contributed by atoms with Crippen LogP contribution >= 0.6 is 0 Å². The van der Waals surface area contributed by atoms with Crippen LogP contribution in [0.15, 0.2) is 48.8 Å². The zero-order valence-corrected chi connectivity index (χ0v) is 9.35. The fourth-order valence-corrected chi connectivity index (χ4v) is 1.69. The summed E-state index contributed by atoms with van der Waals surface area (Å²) in [6.45, 7) is 5.41. The zero-order valence-electron chi connectivity index (χ0n) is 9.35. The largest absolute Gasteiger partial charge is 0.350 e. The van der Waals surface area contributed by atoms with Crippen LogP contribution in [0.3, 0.4) is 0 Å². The van der Waals surface area contributed by atoms with Gasteiger partial charge in [0.05, 0.1) is 0 Å². The molecule has 0 bridgehead atoms. The molecule has 1 aromatic heterocycles. The van der Waals surface area contributed by atoms with Gasteiger partial charge in [0.1, 0.15) is 0 Å². The van der Waals surface area contributed by atoms with Gasteiger partial charge in [-0.25, -0.2) is 0 Å². The molecule has 0 N–H and O–H groups in total. The zero-order chi connectivity index (χ0) is 10.7. The van der Waals surface area contributed by atoms with Crippen LogP contribution in [0.2, 0.25) is 0 Å². The molecule has 1 aromatic carbocycles. The van der Waals surface area contributed by atoms with Crippen LogP contribution in [-0.4, -0.2) is 4.57 Å². The highest BCUT2D eigenvalue weighted by Crippen LogP contribution is 2.15. The fourth-order valence-electron chi connectivity index (χ4n) is 1.69. The molecule has 15 heavy (non-hydrogen) atoms. The van der Waals surface area contributed by atoms with Crippen LogP contribution in [0.25, 0.3) is 0 Å². The third-order valence-corrected chi connectivity index (χ3v) is 2.68. The Balaban J connectivity index is 2.11. The van der Waals surface area contributed by atoms with Gasteiger partial charge in [0.25, 0.3) is 0 Å². The van der Waals surface area contributed by atoms with Gasteiger partial charge in [0.15, 0.2) is 0 Å². The molecule has 0 aliphatic carbocycles. The van der Waals surface area contributed by atoms with Gasteiger partial charge in [0, 0.05) is 18.9 Å². The van der Waals surface area contributed by atoms with E-state index in [1.165, 1.54) is 11.1 Å². The van der Waals surface area contributed by atoms with Crippen LogP contribution in [0.5, 0.6) is 0 Å². The van der Waals surface area contributed by atoms with E-state index in [2.05, 4.69) is 67.2 Å². The fraction of sp³-hybridized carbons (Fsp3) is 0.286. The van der Waals surface area contributed by atoms with E-state index in [0.717, 1.165) is 6.54 Å². The molecular weight excluding hydrogens is 182 g/mol. The average Bonchev–Trinajstić information content (AvgIpc) is 2.71. The Kier molecular flexibility index (Phi) is 2.91. The molecule has 0 aliphatic heterocycles. The molecule has 2 aromatic rings. The second-order valence-corrected chi connectivity index (χ2v) is 4.25. The van der Waals surface area contributed by atoms with E-state index in [-0.39, 0.29) is 0 Å². The molecule has 0 aliphatic rings. The van der Waals surface area contributed by atoms with Gasteiger partial charge in [-0.1, -0.05) is 38.1 Å². The molecule has 0 amide bonds. The maximum Gasteiger partial charge on any atom is 0.0470 e. The molecule has 1 heteroatoms. The first-order valence-electron chi connectivity index (χ1n) is 5.45. The summed E-state index contributed by atoms with van der Waals surface area (Å²) in [7, 11) is 0. The number of hydrogen-bond donors (Lipinski definition) is 0. The van der Waals surface area contributed by atoms with Crippen molar-refractivity contribution >= 4 is 0 Å². The van der Waals surface area contributed by atoms with E-state index in [0.29, 0.717) is 5.92 Å². The Morgan fingerprint density at radius 1 is 1.00 bits per heavy atom. The van der Waals surface area contributed by atoms with Crippen molar-refractivity contribution < 1.29 is 0 Å². The van der Waals surface area contributed by atoms with Gasteiger partial charge in [-0.2, -0.15) is 0 Å². The maximum absolute atomic E-state index is 2.23. The standard InChI is InChI=1S/C14H17N/c1-12(2)14-7-5-13(6-8-14)11-15-9-3-4-10-15/h3-10,12H,11H2,1-2H3. The lowest BCUT2D eigenvalue weighted by Gasteiger charge is -2.07. The van der Waals surface area contributed by atoms with Gasteiger partial charge >= 0.3 is 0 Å². The molecule has 0 atom stereocenters. The highest BCUT2D eigenvalue weighted by molar-refractivity contribution is 5.24. The van der Waals surface area contributed by atoms with Crippen molar-refractivity contribution in [1.29, 1.82) is 0 Å². The summed E-state index contributed by atoms with van der Waals surface area (Å²) in [4.78, 5) is 0. The SMILES string of the molecule is CC(C)c1ccc(Cn2cccc2)cc1. The summed E-state index contributed by atoms with van der Waals surface area (Å²) in [6.07, 6.45) is 4.19. The predicted molar refractivity (Wildman–Crippen MR) is 64.1 cm³/mol. The number of hydrogen-bond acceptors (Lipinski definition) is 0. The van der Waals surface area contributed by atoms with Crippen molar-refractivity contribution in [2.24, 2.45) is 0 Å². The summed E-state index contributed by atoms with van der Waals surface area (Å²) in [6, 6.07) is 13.0. The molecule has 0 saturated heterocycles. The Morgan fingerprint density at radius 3 is 2.13 bits per heavy atom. The molecule has 0 radical (unpaired) electrons. The molecule has 0 saturated carbocycles. The number of nitrogens with zero attached hydrogens (tertiary/aromatic N) is 1. The van der Waals surface area contributed by atoms with Crippen LogP contribution in [-0.2, 0) is 6.54 Å². The van der Waals surface area contributed by atoms with Gasteiger partial charge in [-0.05, 0) is 29.2 Å². The monoisotopic (exact) mass is 199 g/mol. The summed E-state index contributed by atoms with van der Waals surface area (Å²) in [5, 5.41) is 0. The van der Waals surface area contributed by atoms with E-state index in [4.69, 9.17) is 0 Å². The normalized spacial score (nSPS) is 10.9. The second kappa shape index (κ2) is 4.35. The lowest BCUT2D eigenvalue weighted by atomic mass is 10.0. The smallest absolute Gasteiger partial charge is 0.0470 e. The van der Waals surface area contributed by atoms with Gasteiger partial charge < -0.3 is 4.57 Å². The van der Waals surface area contributed by atoms with Crippen molar-refractivity contribution in [3.63, 3.8) is 0 Å². The van der Waals surface area contributed by atoms with Crippen LogP contribution in [0, 0.1) is 0 Å². The molecule has 1 heterocycles. The minimum Gasteiger partial charge on any atom is -0.350 e. The summed E-state index contributed by atoms with van der Waals surface area (Å²) in [5.41, 5.74) is 2.77. The number of aromatic nitrogens is 1. The average molecular weight is 199 g/mol. The first-order valence-corrected chi connectivity index (χ1v) is 5.45. The molecule has 0 unspecified atom stereocenters. The lowest BCUT2D eigenvalue weighted by Crippen LogP contribution is -1.96. The Hall–Kier alpha value is -1.50. The van der Waals surface area contributed by atoms with E-state index >= 15 is 0 Å². The highest BCUT2D eigenvalue weighted by atomic mass is 14.9. The molecule has 0 spiro atoms. The molecule has 0 fully saturated rings. The molecule has 1 nitrogen and oxygen atoms in total. The van der Waals surface area contributed by atoms with Crippen LogP contribution < -0.4 is 0 Å². The lowest BCUT2D eigenvalue weighted by molar-refractivity contribution is 0.802. The van der Waals surface area contributed by atoms with Crippen LogP contribution in [0.4, 0.5) is 0 Å². The minimum atomic E-state index is 0.616. The Bertz CT molecular complexity index is 395. The predicted octanol–water partition coefficient (Wildman–Crippen LogP) is 3.66. The van der Waals surface area contributed by atoms with Crippen molar-refractivity contribution in [3.8, 4) is 0 Å². The quantitative estimate of drug-likeness (QED) is 0.711. The van der Waals surface area contributed by atoms with Gasteiger partial charge in [-0.15, -0.1) is 0 Å². The van der Waals surface area contributed by atoms with Crippen molar-refractivity contribution in [1.82, 2.24) is 4.57 Å². The topological polar surface area (TPSA) is 4.93 Å². The summed E-state index contributed by atoms with van der Waals surface area (Å²) in [5.74, 6) is 0.616. The Morgan fingerprint density at radius 2 is 1.60 bits per heavy atom. The van der Waals surface area contributed by atoms with Crippen molar-refractivity contribution in [2.75, 3.05) is 0 Å². The van der Waals surface area contributed by atoms with E-state index < -0.39 is 0 Å². The first-order chi connectivity index (χ1) is 7.25. The van der Waals surface area contributed by atoms with Crippen LogP contribution in [0.1, 0.15) is 30.9 Å². The summed E-state index contributed by atoms with van der Waals surface area (Å²) < 4.78 is 2.18. The summed E-state index contributed by atoms with van der Waals surface area (Å²) >= 11 is 0. The van der Waals surface area contributed by atoms with E-state index in [1.54, 1.807) is 0 Å². The first kappa shape index (κ1) is 10.0. The van der Waals surface area contributed by atoms with Crippen molar-refractivity contribution in [2.45, 2.75) is 26.3 Å². The third kappa shape index (κ3) is 2.50. The molecule has 2 rings (SSSR count). The maximum atomic E-state index is 2.23. The minimum absolute atomic E-state index is 0.616. The van der Waals surface area contributed by atoms with Gasteiger partial charge in [0.2, 0.25) is 0 Å². The van der Waals surface area contributed by atoms with Crippen molar-refractivity contribution in [3.05, 3.63) is 59.9 Å². The number of rotatable bonds is 3. The highest BCUT2D eigenvalue weighted by Gasteiger charge is 1.98. The van der Waals surface area contributed by atoms with E-state index in [9.17, 15) is 0 Å². The third-order valence-electron chi connectivity index (χ3n) is 2.68. The van der Waals surface area contributed by atoms with Gasteiger partial charge in [-0.3, -0.25) is 0 Å². The Labute approximate surface area is 91.4 Å². The molecular formula is C14H17N. The molecule has 78 valence electrons.